The minimum absolute atomic E-state index is 0.0461. The molecule has 0 spiro atoms. The molecule has 2 aliphatic rings. The van der Waals surface area contributed by atoms with Crippen LogP contribution in [0.25, 0.3) is 0 Å². The first-order valence-electron chi connectivity index (χ1n) is 7.89. The smallest absolute Gasteiger partial charge is 0.127 e. The van der Waals surface area contributed by atoms with E-state index in [1.54, 1.807) is 6.07 Å². The van der Waals surface area contributed by atoms with E-state index in [1.165, 1.54) is 19.3 Å². The third-order valence-electron chi connectivity index (χ3n) is 5.13. The zero-order valence-corrected chi connectivity index (χ0v) is 12.4. The summed E-state index contributed by atoms with van der Waals surface area (Å²) in [5.41, 5.74) is 8.04. The van der Waals surface area contributed by atoms with E-state index in [9.17, 15) is 4.39 Å². The maximum absolute atomic E-state index is 14.4. The standard InChI is InChI=1S/C17H25FN2/c1-13(19)17(7-8-17)15-6-5-14(16(18)11-15)12-20-9-3-2-4-10-20/h5-6,11,13H,2-4,7-10,12,19H2,1H3. The summed E-state index contributed by atoms with van der Waals surface area (Å²) in [6, 6.07) is 5.91. The molecule has 0 aromatic heterocycles. The summed E-state index contributed by atoms with van der Waals surface area (Å²) in [6.07, 6.45) is 5.99. The van der Waals surface area contributed by atoms with Gasteiger partial charge in [-0.2, -0.15) is 0 Å². The molecule has 1 aliphatic carbocycles. The van der Waals surface area contributed by atoms with Crippen molar-refractivity contribution >= 4 is 0 Å². The van der Waals surface area contributed by atoms with Crippen molar-refractivity contribution in [2.24, 2.45) is 5.73 Å². The maximum atomic E-state index is 14.4. The van der Waals surface area contributed by atoms with Crippen LogP contribution in [-0.4, -0.2) is 24.0 Å². The zero-order chi connectivity index (χ0) is 14.2. The Morgan fingerprint density at radius 3 is 2.50 bits per heavy atom. The summed E-state index contributed by atoms with van der Waals surface area (Å²) in [7, 11) is 0. The Kier molecular flexibility index (Phi) is 3.83. The molecule has 0 radical (unpaired) electrons. The summed E-state index contributed by atoms with van der Waals surface area (Å²) in [4.78, 5) is 2.36. The number of likely N-dealkylation sites (tertiary alicyclic amines) is 1. The fourth-order valence-corrected chi connectivity index (χ4v) is 3.49. The summed E-state index contributed by atoms with van der Waals surface area (Å²) in [6.45, 7) is 4.99. The molecule has 1 aromatic carbocycles. The van der Waals surface area contributed by atoms with E-state index >= 15 is 0 Å². The fraction of sp³-hybridized carbons (Fsp3) is 0.647. The Bertz CT molecular complexity index is 474. The van der Waals surface area contributed by atoms with Crippen LogP contribution in [-0.2, 0) is 12.0 Å². The number of nitrogens with zero attached hydrogens (tertiary/aromatic N) is 1. The van der Waals surface area contributed by atoms with Crippen molar-refractivity contribution in [2.75, 3.05) is 13.1 Å². The molecule has 2 N–H and O–H groups in total. The summed E-state index contributed by atoms with van der Waals surface area (Å²) < 4.78 is 14.4. The highest BCUT2D eigenvalue weighted by atomic mass is 19.1. The molecule has 1 atom stereocenters. The average Bonchev–Trinajstić information content (AvgIpc) is 3.24. The van der Waals surface area contributed by atoms with Gasteiger partial charge in [-0.1, -0.05) is 18.6 Å². The van der Waals surface area contributed by atoms with Crippen LogP contribution >= 0.6 is 0 Å². The minimum Gasteiger partial charge on any atom is -0.327 e. The summed E-state index contributed by atoms with van der Waals surface area (Å²) in [5, 5.41) is 0. The first-order chi connectivity index (χ1) is 9.62. The van der Waals surface area contributed by atoms with Gasteiger partial charge in [-0.3, -0.25) is 4.90 Å². The van der Waals surface area contributed by atoms with Crippen LogP contribution in [0.3, 0.4) is 0 Å². The Morgan fingerprint density at radius 1 is 1.25 bits per heavy atom. The largest absolute Gasteiger partial charge is 0.327 e. The van der Waals surface area contributed by atoms with Crippen LogP contribution in [0.15, 0.2) is 18.2 Å². The summed E-state index contributed by atoms with van der Waals surface area (Å²) >= 11 is 0. The van der Waals surface area contributed by atoms with Gasteiger partial charge in [0.25, 0.3) is 0 Å². The Morgan fingerprint density at radius 2 is 1.95 bits per heavy atom. The van der Waals surface area contributed by atoms with E-state index in [0.717, 1.165) is 43.6 Å². The van der Waals surface area contributed by atoms with E-state index in [1.807, 2.05) is 13.0 Å². The van der Waals surface area contributed by atoms with E-state index in [-0.39, 0.29) is 17.3 Å². The van der Waals surface area contributed by atoms with Crippen molar-refractivity contribution in [3.63, 3.8) is 0 Å². The monoisotopic (exact) mass is 276 g/mol. The molecule has 1 saturated heterocycles. The van der Waals surface area contributed by atoms with E-state index in [4.69, 9.17) is 5.73 Å². The van der Waals surface area contributed by atoms with Crippen molar-refractivity contribution in [1.29, 1.82) is 0 Å². The van der Waals surface area contributed by atoms with Gasteiger partial charge in [-0.15, -0.1) is 0 Å². The van der Waals surface area contributed by atoms with Gasteiger partial charge in [0.15, 0.2) is 0 Å². The second-order valence-corrected chi connectivity index (χ2v) is 6.59. The van der Waals surface area contributed by atoms with E-state index in [2.05, 4.69) is 11.0 Å². The van der Waals surface area contributed by atoms with Gasteiger partial charge in [0.2, 0.25) is 0 Å². The van der Waals surface area contributed by atoms with Gasteiger partial charge in [0, 0.05) is 23.6 Å². The van der Waals surface area contributed by atoms with Crippen LogP contribution in [0, 0.1) is 5.82 Å². The predicted octanol–water partition coefficient (Wildman–Crippen LogP) is 3.19. The molecular weight excluding hydrogens is 251 g/mol. The van der Waals surface area contributed by atoms with Gasteiger partial charge >= 0.3 is 0 Å². The zero-order valence-electron chi connectivity index (χ0n) is 12.4. The molecule has 2 fully saturated rings. The van der Waals surface area contributed by atoms with Gasteiger partial charge in [-0.05, 0) is 57.3 Å². The first-order valence-corrected chi connectivity index (χ1v) is 7.89. The molecule has 3 heteroatoms. The SMILES string of the molecule is CC(N)C1(c2ccc(CN3CCCCC3)c(F)c2)CC1. The normalized spacial score (nSPS) is 23.6. The van der Waals surface area contributed by atoms with Crippen molar-refractivity contribution < 1.29 is 4.39 Å². The second kappa shape index (κ2) is 5.45. The molecule has 1 aromatic rings. The van der Waals surface area contributed by atoms with Crippen molar-refractivity contribution in [1.82, 2.24) is 4.90 Å². The molecule has 1 unspecified atom stereocenters. The van der Waals surface area contributed by atoms with Crippen LogP contribution in [0.2, 0.25) is 0 Å². The quantitative estimate of drug-likeness (QED) is 0.915. The Labute approximate surface area is 121 Å². The number of hydrogen-bond acceptors (Lipinski definition) is 2. The second-order valence-electron chi connectivity index (χ2n) is 6.59. The van der Waals surface area contributed by atoms with E-state index < -0.39 is 0 Å². The third kappa shape index (κ3) is 2.61. The van der Waals surface area contributed by atoms with Crippen LogP contribution < -0.4 is 5.73 Å². The molecule has 0 amide bonds. The molecule has 2 nitrogen and oxygen atoms in total. The number of hydrogen-bond donors (Lipinski definition) is 1. The topological polar surface area (TPSA) is 29.3 Å². The lowest BCUT2D eigenvalue weighted by molar-refractivity contribution is 0.218. The fourth-order valence-electron chi connectivity index (χ4n) is 3.49. The van der Waals surface area contributed by atoms with Crippen LogP contribution in [0.1, 0.15) is 50.2 Å². The van der Waals surface area contributed by atoms with E-state index in [0.29, 0.717) is 0 Å². The Balaban J connectivity index is 1.74. The highest BCUT2D eigenvalue weighted by molar-refractivity contribution is 5.36. The number of piperidine rings is 1. The molecule has 0 bridgehead atoms. The van der Waals surface area contributed by atoms with Gasteiger partial charge < -0.3 is 5.73 Å². The number of benzene rings is 1. The predicted molar refractivity (Wildman–Crippen MR) is 80.1 cm³/mol. The van der Waals surface area contributed by atoms with Crippen LogP contribution in [0.5, 0.6) is 0 Å². The molecule has 3 rings (SSSR count). The maximum Gasteiger partial charge on any atom is 0.127 e. The molecular formula is C17H25FN2. The van der Waals surface area contributed by atoms with Crippen molar-refractivity contribution in [3.05, 3.63) is 35.1 Å². The lowest BCUT2D eigenvalue weighted by Crippen LogP contribution is -2.32. The van der Waals surface area contributed by atoms with Gasteiger partial charge in [0.05, 0.1) is 0 Å². The first kappa shape index (κ1) is 14.0. The molecule has 110 valence electrons. The number of nitrogens with two attached hydrogens (primary N) is 1. The van der Waals surface area contributed by atoms with Gasteiger partial charge in [0.1, 0.15) is 5.82 Å². The van der Waals surface area contributed by atoms with Gasteiger partial charge in [-0.25, -0.2) is 4.39 Å². The lowest BCUT2D eigenvalue weighted by Gasteiger charge is -2.27. The number of halogens is 1. The average molecular weight is 276 g/mol. The van der Waals surface area contributed by atoms with Crippen molar-refractivity contribution in [3.8, 4) is 0 Å². The highest BCUT2D eigenvalue weighted by Crippen LogP contribution is 2.50. The minimum atomic E-state index is -0.0556. The van der Waals surface area contributed by atoms with Crippen LogP contribution in [0.4, 0.5) is 4.39 Å². The molecule has 1 saturated carbocycles. The Hall–Kier alpha value is -0.930. The third-order valence-corrected chi connectivity index (χ3v) is 5.13. The molecule has 1 aliphatic heterocycles. The number of rotatable bonds is 4. The summed E-state index contributed by atoms with van der Waals surface area (Å²) in [5.74, 6) is -0.0556. The molecule has 20 heavy (non-hydrogen) atoms. The lowest BCUT2D eigenvalue weighted by atomic mass is 9.89. The highest BCUT2D eigenvalue weighted by Gasteiger charge is 2.47. The van der Waals surface area contributed by atoms with Crippen molar-refractivity contribution in [2.45, 2.75) is 57.0 Å². The molecule has 1 heterocycles.